The van der Waals surface area contributed by atoms with Crippen LogP contribution in [0, 0.1) is 17.8 Å². The third-order valence-corrected chi connectivity index (χ3v) is 14.8. The predicted octanol–water partition coefficient (Wildman–Crippen LogP) is 6.19. The number of allylic oxidation sites excluding steroid dienone is 1. The van der Waals surface area contributed by atoms with E-state index in [4.69, 9.17) is 30.5 Å². The van der Waals surface area contributed by atoms with Crippen LogP contribution in [0.2, 0.25) is 5.02 Å². The van der Waals surface area contributed by atoms with E-state index in [0.717, 1.165) is 89.2 Å². The van der Waals surface area contributed by atoms with Crippen molar-refractivity contribution in [3.8, 4) is 5.75 Å². The summed E-state index contributed by atoms with van der Waals surface area (Å²) < 4.78 is 54.4. The summed E-state index contributed by atoms with van der Waals surface area (Å²) in [7, 11) is -0.491. The van der Waals surface area contributed by atoms with Gasteiger partial charge in [-0.2, -0.15) is 0 Å². The maximum atomic E-state index is 13.7. The molecule has 2 aromatic rings. The van der Waals surface area contributed by atoms with E-state index < -0.39 is 26.8 Å². The first kappa shape index (κ1) is 42.9. The van der Waals surface area contributed by atoms with E-state index >= 15 is 0 Å². The summed E-state index contributed by atoms with van der Waals surface area (Å²) in [5.41, 5.74) is 2.81. The largest absolute Gasteiger partial charge is 0.487 e. The fourth-order valence-corrected chi connectivity index (χ4v) is 10.6. The average molecular weight is 816 g/mol. The summed E-state index contributed by atoms with van der Waals surface area (Å²) in [4.78, 5) is 21.1. The van der Waals surface area contributed by atoms with Crippen molar-refractivity contribution in [2.45, 2.75) is 82.8 Å². The minimum absolute atomic E-state index is 0.214. The highest BCUT2D eigenvalue weighted by Crippen LogP contribution is 2.47. The molecule has 1 saturated carbocycles. The van der Waals surface area contributed by atoms with Crippen LogP contribution in [0.3, 0.4) is 0 Å². The summed E-state index contributed by atoms with van der Waals surface area (Å²) in [6.45, 7) is 13.8. The molecule has 5 atom stereocenters. The topological polar surface area (TPSA) is 110 Å². The zero-order valence-electron chi connectivity index (χ0n) is 34.0. The van der Waals surface area contributed by atoms with E-state index in [2.05, 4.69) is 38.5 Å². The lowest BCUT2D eigenvalue weighted by atomic mass is 9.63. The Morgan fingerprint density at radius 3 is 2.45 bits per heavy atom. The Bertz CT molecular complexity index is 1760. The molecule has 0 aromatic heterocycles. The number of amides is 1. The van der Waals surface area contributed by atoms with Gasteiger partial charge in [0.25, 0.3) is 5.91 Å². The van der Waals surface area contributed by atoms with E-state index in [1.54, 1.807) is 27.2 Å². The molecule has 2 bridgehead atoms. The Kier molecular flexibility index (Phi) is 14.8. The van der Waals surface area contributed by atoms with Crippen LogP contribution in [-0.4, -0.2) is 121 Å². The molecular formula is C43H63ClN4O7S. The van der Waals surface area contributed by atoms with Crippen molar-refractivity contribution >= 4 is 33.2 Å². The maximum absolute atomic E-state index is 13.7. The summed E-state index contributed by atoms with van der Waals surface area (Å²) in [5, 5.41) is -0.0824. The molecule has 2 fully saturated rings. The number of fused-ring (bicyclic) bond motifs is 3. The van der Waals surface area contributed by atoms with Gasteiger partial charge in [-0.3, -0.25) is 14.6 Å². The Morgan fingerprint density at radius 1 is 0.982 bits per heavy atom. The van der Waals surface area contributed by atoms with Gasteiger partial charge >= 0.3 is 0 Å². The number of piperazine rings is 1. The second-order valence-electron chi connectivity index (χ2n) is 16.3. The van der Waals surface area contributed by atoms with Crippen LogP contribution in [-0.2, 0) is 37.3 Å². The molecule has 1 N–H and O–H groups in total. The van der Waals surface area contributed by atoms with Crippen molar-refractivity contribution in [3.63, 3.8) is 0 Å². The lowest BCUT2D eigenvalue weighted by Crippen LogP contribution is -2.60. The number of methoxy groups -OCH3 is 2. The maximum Gasteiger partial charge on any atom is 0.264 e. The summed E-state index contributed by atoms with van der Waals surface area (Å²) >= 11 is 6.42. The summed E-state index contributed by atoms with van der Waals surface area (Å²) in [6.07, 6.45) is 9.84. The standard InChI is InChI=1S/C43H63ClN4O7S/c1-6-55-43(30-46-20-22-47(23-21-46)38(28-52-4)29-53-5)18-9-10-31(2)32(3)56(50,51)45-42(49)34-14-17-41-40(25-34)48(26-35-13-16-39(35)43)19-8-7-11-33-24-37(44)15-12-36(33)27-54-41/h9,12,14-15,17-18,24-25,31-32,35,38-39H,6-8,10-11,13,16,19-23,26-30H2,1-5H3,(H,45,49)/b18-9+/t31-,32+,35-,39+,43-/m0/s1. The third-order valence-electron chi connectivity index (χ3n) is 12.7. The van der Waals surface area contributed by atoms with Crippen LogP contribution >= 0.6 is 11.6 Å². The first-order valence-electron chi connectivity index (χ1n) is 20.6. The van der Waals surface area contributed by atoms with Crippen LogP contribution in [0.25, 0.3) is 0 Å². The monoisotopic (exact) mass is 814 g/mol. The summed E-state index contributed by atoms with van der Waals surface area (Å²) in [5.74, 6) is 0.376. The number of benzene rings is 2. The zero-order valence-corrected chi connectivity index (χ0v) is 35.6. The molecular weight excluding hydrogens is 752 g/mol. The number of hydrogen-bond donors (Lipinski definition) is 1. The molecule has 6 rings (SSSR count). The SMILES string of the molecule is CCO[C@]1(CN2CCN(C(COC)COC)CC2)/C=C/C[C@H](C)[C@@H](C)S(=O)(=O)NC(=O)c2ccc3c(c2)N(CCCCc2cc(Cl)ccc2CO3)C[C@@H]2CC[C@H]21. The van der Waals surface area contributed by atoms with Gasteiger partial charge in [0.05, 0.1) is 30.2 Å². The molecule has 56 heavy (non-hydrogen) atoms. The highest BCUT2D eigenvalue weighted by molar-refractivity contribution is 7.90. The molecule has 13 heteroatoms. The fraction of sp³-hybridized carbons (Fsp3) is 0.651. The number of hydrogen-bond acceptors (Lipinski definition) is 10. The molecule has 310 valence electrons. The van der Waals surface area contributed by atoms with Crippen molar-refractivity contribution < 1.29 is 32.2 Å². The number of sulfonamides is 1. The van der Waals surface area contributed by atoms with Gasteiger partial charge in [-0.15, -0.1) is 0 Å². The highest BCUT2D eigenvalue weighted by atomic mass is 35.5. The predicted molar refractivity (Wildman–Crippen MR) is 222 cm³/mol. The zero-order chi connectivity index (χ0) is 39.9. The van der Waals surface area contributed by atoms with Crippen LogP contribution in [0.5, 0.6) is 5.75 Å². The molecule has 3 heterocycles. The van der Waals surface area contributed by atoms with Gasteiger partial charge in [0.2, 0.25) is 10.0 Å². The van der Waals surface area contributed by atoms with E-state index in [1.165, 1.54) is 5.56 Å². The van der Waals surface area contributed by atoms with Crippen molar-refractivity contribution in [2.75, 3.05) is 84.8 Å². The Morgan fingerprint density at radius 2 is 1.75 bits per heavy atom. The molecule has 11 nitrogen and oxygen atoms in total. The molecule has 4 aliphatic rings. The molecule has 1 amide bonds. The molecule has 0 unspecified atom stereocenters. The van der Waals surface area contributed by atoms with Gasteiger partial charge in [-0.1, -0.05) is 36.7 Å². The normalized spacial score (nSPS) is 28.6. The second kappa shape index (κ2) is 19.4. The van der Waals surface area contributed by atoms with Crippen molar-refractivity contribution in [1.29, 1.82) is 0 Å². The number of carbonyl (C=O) groups excluding carboxylic acids is 1. The number of rotatable bonds is 9. The lowest BCUT2D eigenvalue weighted by molar-refractivity contribution is -0.114. The average Bonchev–Trinajstić information content (AvgIpc) is 3.19. The van der Waals surface area contributed by atoms with Crippen LogP contribution in [0.4, 0.5) is 5.69 Å². The van der Waals surface area contributed by atoms with Crippen molar-refractivity contribution in [3.05, 3.63) is 70.3 Å². The number of nitrogens with one attached hydrogen (secondary N) is 1. The van der Waals surface area contributed by atoms with Crippen molar-refractivity contribution in [2.24, 2.45) is 17.8 Å². The molecule has 3 aliphatic heterocycles. The summed E-state index contributed by atoms with van der Waals surface area (Å²) in [6, 6.07) is 11.5. The Balaban J connectivity index is 1.35. The van der Waals surface area contributed by atoms with Gasteiger partial charge in [0, 0.05) is 77.2 Å². The van der Waals surface area contributed by atoms with Gasteiger partial charge in [0.15, 0.2) is 0 Å². The van der Waals surface area contributed by atoms with E-state index in [1.807, 2.05) is 37.3 Å². The van der Waals surface area contributed by atoms with Gasteiger partial charge in [0.1, 0.15) is 18.0 Å². The third kappa shape index (κ3) is 10.1. The van der Waals surface area contributed by atoms with Crippen LogP contribution in [0.15, 0.2) is 48.6 Å². The van der Waals surface area contributed by atoms with E-state index in [-0.39, 0.29) is 17.9 Å². The minimum atomic E-state index is -3.98. The number of aryl methyl sites for hydroxylation is 1. The number of anilines is 1. The van der Waals surface area contributed by atoms with E-state index in [0.29, 0.717) is 55.1 Å². The minimum Gasteiger partial charge on any atom is -0.487 e. The Hall–Kier alpha value is -2.71. The number of carbonyl (C=O) groups is 1. The molecule has 0 spiro atoms. The lowest BCUT2D eigenvalue weighted by Gasteiger charge is -2.52. The first-order valence-corrected chi connectivity index (χ1v) is 22.5. The highest BCUT2D eigenvalue weighted by Gasteiger charge is 2.49. The number of nitrogens with zero attached hydrogens (tertiary/aromatic N) is 3. The van der Waals surface area contributed by atoms with Crippen LogP contribution in [0.1, 0.15) is 74.4 Å². The van der Waals surface area contributed by atoms with E-state index in [9.17, 15) is 13.2 Å². The first-order chi connectivity index (χ1) is 27.0. The fourth-order valence-electron chi connectivity index (χ4n) is 9.10. The smallest absolute Gasteiger partial charge is 0.264 e. The number of ether oxygens (including phenoxy) is 4. The van der Waals surface area contributed by atoms with Gasteiger partial charge in [-0.25, -0.2) is 13.1 Å². The number of halogens is 1. The van der Waals surface area contributed by atoms with Gasteiger partial charge < -0.3 is 23.8 Å². The molecule has 0 radical (unpaired) electrons. The van der Waals surface area contributed by atoms with Gasteiger partial charge in [-0.05, 0) is 112 Å². The molecule has 2 aromatic carbocycles. The van der Waals surface area contributed by atoms with Crippen LogP contribution < -0.4 is 14.4 Å². The van der Waals surface area contributed by atoms with Crippen molar-refractivity contribution in [1.82, 2.24) is 14.5 Å². The Labute approximate surface area is 340 Å². The quantitative estimate of drug-likeness (QED) is 0.295. The second-order valence-corrected chi connectivity index (χ2v) is 18.8. The molecule has 1 aliphatic carbocycles. The molecule has 1 saturated heterocycles.